The lowest BCUT2D eigenvalue weighted by molar-refractivity contribution is 0.0551. The van der Waals surface area contributed by atoms with Gasteiger partial charge in [0.2, 0.25) is 11.8 Å². The monoisotopic (exact) mass is 355 g/mol. The Bertz CT molecular complexity index is 835. The molecule has 0 amide bonds. The smallest absolute Gasteiger partial charge is 0.350 e. The van der Waals surface area contributed by atoms with Crippen LogP contribution >= 0.6 is 11.6 Å². The molecule has 1 aromatic carbocycles. The number of nitrogens with one attached hydrogen (secondary N) is 1. The fourth-order valence-electron chi connectivity index (χ4n) is 1.81. The van der Waals surface area contributed by atoms with E-state index in [0.29, 0.717) is 5.56 Å². The third-order valence-electron chi connectivity index (χ3n) is 2.97. The number of hydrogen-bond donors (Lipinski definition) is 1. The van der Waals surface area contributed by atoms with Crippen molar-refractivity contribution < 1.29 is 17.7 Å². The number of alkyl halides is 3. The zero-order valence-electron chi connectivity index (χ0n) is 11.9. The molecular weight excluding hydrogens is 347 g/mol. The Morgan fingerprint density at radius 2 is 1.88 bits per heavy atom. The van der Waals surface area contributed by atoms with E-state index in [0.717, 1.165) is 0 Å². The lowest BCUT2D eigenvalue weighted by Crippen LogP contribution is -2.05. The predicted octanol–water partition coefficient (Wildman–Crippen LogP) is 3.57. The number of rotatable bonds is 5. The summed E-state index contributed by atoms with van der Waals surface area (Å²) in [6.45, 7) is 0.191. The highest BCUT2D eigenvalue weighted by atomic mass is 35.5. The number of halogens is 4. The Morgan fingerprint density at radius 3 is 2.50 bits per heavy atom. The minimum Gasteiger partial charge on any atom is -0.350 e. The van der Waals surface area contributed by atoms with E-state index in [9.17, 15) is 13.2 Å². The molecule has 0 aliphatic rings. The van der Waals surface area contributed by atoms with Gasteiger partial charge in [0.05, 0.1) is 5.56 Å². The zero-order valence-corrected chi connectivity index (χ0v) is 12.6. The van der Waals surface area contributed by atoms with Gasteiger partial charge in [-0.05, 0) is 17.7 Å². The molecule has 124 valence electrons. The second-order valence-corrected chi connectivity index (χ2v) is 5.14. The summed E-state index contributed by atoms with van der Waals surface area (Å²) in [5.74, 6) is -1.25. The van der Waals surface area contributed by atoms with Crippen molar-refractivity contribution in [1.82, 2.24) is 20.1 Å². The number of aromatic nitrogens is 4. The molecule has 0 saturated carbocycles. The minimum absolute atomic E-state index is 0.119. The summed E-state index contributed by atoms with van der Waals surface area (Å²) in [5, 5.41) is 2.49. The molecule has 0 aliphatic carbocycles. The molecule has 0 radical (unpaired) electrons. The molecule has 0 spiro atoms. The Balaban J connectivity index is 1.69. The first-order valence-electron chi connectivity index (χ1n) is 6.64. The summed E-state index contributed by atoms with van der Waals surface area (Å²) < 4.78 is 43.6. The van der Waals surface area contributed by atoms with E-state index in [4.69, 9.17) is 11.6 Å². The van der Waals surface area contributed by atoms with Gasteiger partial charge in [0.1, 0.15) is 5.82 Å². The number of hydrogen-bond acceptors (Lipinski definition) is 6. The first-order chi connectivity index (χ1) is 11.4. The summed E-state index contributed by atoms with van der Waals surface area (Å²) >= 11 is 4.80. The van der Waals surface area contributed by atoms with Gasteiger partial charge >= 0.3 is 11.3 Å². The maximum Gasteiger partial charge on any atom is 0.400 e. The van der Waals surface area contributed by atoms with Crippen molar-refractivity contribution in [2.24, 2.45) is 0 Å². The van der Waals surface area contributed by atoms with Gasteiger partial charge in [0.25, 0.3) is 0 Å². The van der Waals surface area contributed by atoms with Crippen LogP contribution in [0.1, 0.15) is 11.5 Å². The normalized spacial score (nSPS) is 11.5. The molecule has 10 heteroatoms. The van der Waals surface area contributed by atoms with Gasteiger partial charge < -0.3 is 9.84 Å². The van der Waals surface area contributed by atoms with E-state index in [2.05, 4.69) is 29.9 Å². The molecular formula is C14H9ClF3N5O. The summed E-state index contributed by atoms with van der Waals surface area (Å²) in [5.41, 5.74) is 0.722. The molecule has 1 N–H and O–H groups in total. The van der Waals surface area contributed by atoms with Gasteiger partial charge in [0, 0.05) is 24.5 Å². The van der Waals surface area contributed by atoms with Gasteiger partial charge in [-0.3, -0.25) is 0 Å². The van der Waals surface area contributed by atoms with Crippen LogP contribution < -0.4 is 5.32 Å². The van der Waals surface area contributed by atoms with Crippen molar-refractivity contribution in [2.75, 3.05) is 5.32 Å². The molecule has 3 aromatic rings. The first kappa shape index (κ1) is 16.2. The zero-order chi connectivity index (χ0) is 17.2. The van der Waals surface area contributed by atoms with Crippen molar-refractivity contribution in [2.45, 2.75) is 11.9 Å². The van der Waals surface area contributed by atoms with Gasteiger partial charge in [-0.15, -0.1) is 0 Å². The van der Waals surface area contributed by atoms with E-state index >= 15 is 0 Å². The Hall–Kier alpha value is -2.68. The Kier molecular flexibility index (Phi) is 4.34. The molecule has 0 aliphatic heterocycles. The fourth-order valence-corrected chi connectivity index (χ4v) is 1.88. The third-order valence-corrected chi connectivity index (χ3v) is 3.14. The van der Waals surface area contributed by atoms with E-state index in [1.807, 2.05) is 0 Å². The molecule has 0 unspecified atom stereocenters. The first-order valence-corrected chi connectivity index (χ1v) is 7.02. The van der Waals surface area contributed by atoms with Gasteiger partial charge in [-0.25, -0.2) is 14.4 Å². The lowest BCUT2D eigenvalue weighted by atomic mass is 10.2. The van der Waals surface area contributed by atoms with Crippen molar-refractivity contribution in [3.8, 4) is 11.4 Å². The Morgan fingerprint density at radius 1 is 1.17 bits per heavy atom. The molecule has 0 bridgehead atoms. The molecule has 0 fully saturated rings. The molecule has 6 nitrogen and oxygen atoms in total. The highest BCUT2D eigenvalue weighted by Crippen LogP contribution is 2.31. The summed E-state index contributed by atoms with van der Waals surface area (Å²) in [6.07, 6.45) is 2.63. The molecule has 24 heavy (non-hydrogen) atoms. The van der Waals surface area contributed by atoms with E-state index in [-0.39, 0.29) is 29.7 Å². The quantitative estimate of drug-likeness (QED) is 0.705. The maximum atomic E-state index is 13.5. The van der Waals surface area contributed by atoms with Crippen LogP contribution in [0.3, 0.4) is 0 Å². The predicted molar refractivity (Wildman–Crippen MR) is 78.8 cm³/mol. The minimum atomic E-state index is -3.74. The topological polar surface area (TPSA) is 76.7 Å². The maximum absolute atomic E-state index is 13.5. The number of benzene rings is 1. The lowest BCUT2D eigenvalue weighted by Gasteiger charge is -2.05. The average Bonchev–Trinajstić information content (AvgIpc) is 3.05. The fraction of sp³-hybridized carbons (Fsp3) is 0.143. The van der Waals surface area contributed by atoms with Gasteiger partial charge in [-0.2, -0.15) is 13.8 Å². The van der Waals surface area contributed by atoms with Crippen LogP contribution in [-0.2, 0) is 11.9 Å². The molecule has 0 atom stereocenters. The Labute approximate surface area is 138 Å². The summed E-state index contributed by atoms with van der Waals surface area (Å²) in [4.78, 5) is 11.4. The number of anilines is 1. The van der Waals surface area contributed by atoms with Crippen molar-refractivity contribution in [3.05, 3.63) is 53.9 Å². The second kappa shape index (κ2) is 6.44. The van der Waals surface area contributed by atoms with Crippen molar-refractivity contribution in [3.63, 3.8) is 0 Å². The highest BCUT2D eigenvalue weighted by molar-refractivity contribution is 6.21. The largest absolute Gasteiger partial charge is 0.400 e. The molecule has 3 rings (SSSR count). The van der Waals surface area contributed by atoms with Crippen LogP contribution in [0.2, 0.25) is 0 Å². The average molecular weight is 356 g/mol. The van der Waals surface area contributed by atoms with Crippen LogP contribution in [0.25, 0.3) is 11.4 Å². The van der Waals surface area contributed by atoms with Crippen LogP contribution in [-0.4, -0.2) is 20.1 Å². The number of nitrogens with zero attached hydrogens (tertiary/aromatic N) is 4. The van der Waals surface area contributed by atoms with E-state index < -0.39 is 11.3 Å². The molecule has 2 heterocycles. The van der Waals surface area contributed by atoms with E-state index in [1.165, 1.54) is 18.5 Å². The van der Waals surface area contributed by atoms with Crippen LogP contribution in [0.4, 0.5) is 19.1 Å². The van der Waals surface area contributed by atoms with Crippen LogP contribution in [0, 0.1) is 5.82 Å². The van der Waals surface area contributed by atoms with Crippen LogP contribution in [0.15, 0.2) is 41.2 Å². The highest BCUT2D eigenvalue weighted by Gasteiger charge is 2.35. The van der Waals surface area contributed by atoms with Gasteiger partial charge in [-0.1, -0.05) is 23.4 Å². The van der Waals surface area contributed by atoms with Crippen LogP contribution in [0.5, 0.6) is 0 Å². The second-order valence-electron chi connectivity index (χ2n) is 4.66. The molecule has 0 saturated heterocycles. The standard InChI is InChI=1S/C14H9ClF3N5O/c15-14(17,18)12-22-11(23-24-12)9-6-20-13(21-7-9)19-5-8-3-1-2-4-10(8)16/h1-4,6-7H,5H2,(H,19,20,21). The van der Waals surface area contributed by atoms with Gasteiger partial charge in [0.15, 0.2) is 0 Å². The van der Waals surface area contributed by atoms with Crippen molar-refractivity contribution >= 4 is 17.5 Å². The summed E-state index contributed by atoms with van der Waals surface area (Å²) in [6, 6.07) is 6.28. The SMILES string of the molecule is Fc1ccccc1CNc1ncc(-c2noc(C(F)(F)Cl)n2)cn1. The third kappa shape index (κ3) is 3.62. The summed E-state index contributed by atoms with van der Waals surface area (Å²) in [7, 11) is 0. The molecule has 2 aromatic heterocycles. The van der Waals surface area contributed by atoms with Crippen molar-refractivity contribution in [1.29, 1.82) is 0 Å². The van der Waals surface area contributed by atoms with E-state index in [1.54, 1.807) is 18.2 Å².